The van der Waals surface area contributed by atoms with Crippen LogP contribution in [-0.2, 0) is 11.8 Å². The van der Waals surface area contributed by atoms with E-state index in [4.69, 9.17) is 39.5 Å². The maximum absolute atomic E-state index is 5.98. The Morgan fingerprint density at radius 2 is 1.47 bits per heavy atom. The van der Waals surface area contributed by atoms with Crippen molar-refractivity contribution in [2.75, 3.05) is 10.2 Å². The third kappa shape index (κ3) is 2.67. The van der Waals surface area contributed by atoms with Crippen LogP contribution in [0.4, 0.5) is 11.4 Å². The van der Waals surface area contributed by atoms with Crippen molar-refractivity contribution < 1.29 is 4.52 Å². The second-order valence-electron chi connectivity index (χ2n) is 3.99. The molecule has 0 saturated carbocycles. The number of para-hydroxylation sites is 1. The summed E-state index contributed by atoms with van der Waals surface area (Å²) in [5.74, 6) is 0.718. The summed E-state index contributed by atoms with van der Waals surface area (Å²) in [5, 5.41) is 7.32. The van der Waals surface area contributed by atoms with Crippen molar-refractivity contribution in [2.24, 2.45) is 0 Å². The third-order valence-electron chi connectivity index (χ3n) is 2.57. The van der Waals surface area contributed by atoms with Crippen molar-refractivity contribution in [1.82, 2.24) is 0 Å². The molecule has 0 unspecified atom stereocenters. The normalized spacial score (nSPS) is 15.3. The van der Waals surface area contributed by atoms with Gasteiger partial charge in [0.1, 0.15) is 5.75 Å². The molecule has 1 heterocycles. The molecule has 0 radical (unpaired) electrons. The van der Waals surface area contributed by atoms with Gasteiger partial charge in [-0.15, -0.1) is 0 Å². The van der Waals surface area contributed by atoms with Crippen LogP contribution < -0.4 is 14.7 Å². The van der Waals surface area contributed by atoms with Crippen LogP contribution in [0.3, 0.4) is 0 Å². The zero-order chi connectivity index (χ0) is 13.5. The molecule has 0 spiro atoms. The Hall–Kier alpha value is -0.930. The molecule has 0 aliphatic carbocycles. The van der Waals surface area contributed by atoms with E-state index in [0.29, 0.717) is 10.0 Å². The fourth-order valence-corrected chi connectivity index (χ4v) is 4.50. The van der Waals surface area contributed by atoms with Gasteiger partial charge in [0.05, 0.1) is 21.4 Å². The van der Waals surface area contributed by atoms with E-state index in [2.05, 4.69) is 10.2 Å². The predicted octanol–water partition coefficient (Wildman–Crippen LogP) is 5.13. The van der Waals surface area contributed by atoms with Crippen LogP contribution in [0.2, 0.25) is 10.0 Å². The maximum Gasteiger partial charge on any atom is 0.299 e. The summed E-state index contributed by atoms with van der Waals surface area (Å²) in [6, 6.07) is 12.9. The third-order valence-corrected chi connectivity index (χ3v) is 5.60. The lowest BCUT2D eigenvalue weighted by Gasteiger charge is -2.18. The van der Waals surface area contributed by atoms with Crippen molar-refractivity contribution in [2.45, 2.75) is 0 Å². The average molecular weight is 331 g/mol. The topological polar surface area (TPSA) is 33.3 Å². The number of nitrogens with one attached hydrogen (secondary N) is 2. The standard InChI is InChI=1S/C12H9Cl2N2OPS/c13-9-6-11-12(7-10(9)14)16-18(19,15-11)17-8-4-2-1-3-5-8/h1-7H,(H2,15,16,19). The Labute approximate surface area is 126 Å². The van der Waals surface area contributed by atoms with E-state index in [1.807, 2.05) is 30.3 Å². The molecule has 98 valence electrons. The lowest BCUT2D eigenvalue weighted by atomic mass is 10.3. The van der Waals surface area contributed by atoms with E-state index in [-0.39, 0.29) is 0 Å². The molecule has 0 aromatic heterocycles. The Morgan fingerprint density at radius 3 is 2.00 bits per heavy atom. The summed E-state index contributed by atoms with van der Waals surface area (Å²) in [6.45, 7) is -2.40. The molecule has 0 bridgehead atoms. The Bertz CT molecular complexity index is 646. The van der Waals surface area contributed by atoms with Crippen LogP contribution in [-0.4, -0.2) is 0 Å². The van der Waals surface area contributed by atoms with E-state index in [1.54, 1.807) is 12.1 Å². The van der Waals surface area contributed by atoms with Crippen molar-refractivity contribution >= 4 is 52.9 Å². The SMILES string of the molecule is S=P1(Oc2ccccc2)Nc2cc(Cl)c(Cl)cc2N1. The average Bonchev–Trinajstić information content (AvgIpc) is 2.66. The minimum atomic E-state index is -2.40. The molecule has 2 aromatic carbocycles. The van der Waals surface area contributed by atoms with Gasteiger partial charge >= 0.3 is 0 Å². The molecule has 0 saturated heterocycles. The first-order valence-electron chi connectivity index (χ1n) is 5.46. The highest BCUT2D eigenvalue weighted by Gasteiger charge is 2.29. The molecular weight excluding hydrogens is 322 g/mol. The van der Waals surface area contributed by atoms with Gasteiger partial charge in [0.15, 0.2) is 0 Å². The van der Waals surface area contributed by atoms with Gasteiger partial charge in [-0.3, -0.25) is 0 Å². The number of fused-ring (bicyclic) bond motifs is 1. The summed E-state index contributed by atoms with van der Waals surface area (Å²) >= 11 is 17.5. The highest BCUT2D eigenvalue weighted by Crippen LogP contribution is 2.56. The summed E-state index contributed by atoms with van der Waals surface area (Å²) in [5.41, 5.74) is 1.63. The highest BCUT2D eigenvalue weighted by atomic mass is 35.5. The maximum atomic E-state index is 5.98. The zero-order valence-electron chi connectivity index (χ0n) is 9.56. The lowest BCUT2D eigenvalue weighted by Crippen LogP contribution is -2.03. The van der Waals surface area contributed by atoms with E-state index in [1.165, 1.54) is 0 Å². The van der Waals surface area contributed by atoms with E-state index in [9.17, 15) is 0 Å². The second-order valence-corrected chi connectivity index (χ2v) is 8.08. The highest BCUT2D eigenvalue weighted by molar-refractivity contribution is 8.14. The first kappa shape index (κ1) is 13.1. The fraction of sp³-hybridized carbons (Fsp3) is 0. The van der Waals surface area contributed by atoms with Crippen molar-refractivity contribution in [3.05, 3.63) is 52.5 Å². The van der Waals surface area contributed by atoms with Crippen molar-refractivity contribution in [1.29, 1.82) is 0 Å². The first-order chi connectivity index (χ1) is 9.06. The number of rotatable bonds is 2. The molecule has 0 amide bonds. The Kier molecular flexibility index (Phi) is 3.35. The van der Waals surface area contributed by atoms with Crippen molar-refractivity contribution in [3.8, 4) is 5.75 Å². The van der Waals surface area contributed by atoms with Crippen LogP contribution in [0.5, 0.6) is 5.75 Å². The molecule has 7 heteroatoms. The van der Waals surface area contributed by atoms with Crippen LogP contribution in [0.25, 0.3) is 0 Å². The number of anilines is 2. The monoisotopic (exact) mass is 330 g/mol. The largest absolute Gasteiger partial charge is 0.433 e. The minimum absolute atomic E-state index is 0.484. The molecule has 0 atom stereocenters. The van der Waals surface area contributed by atoms with Crippen LogP contribution in [0, 0.1) is 0 Å². The van der Waals surface area contributed by atoms with E-state index >= 15 is 0 Å². The van der Waals surface area contributed by atoms with Gasteiger partial charge in [-0.05, 0) is 36.1 Å². The minimum Gasteiger partial charge on any atom is -0.433 e. The molecule has 1 aliphatic heterocycles. The van der Waals surface area contributed by atoms with E-state index < -0.39 is 6.57 Å². The second kappa shape index (κ2) is 4.88. The Morgan fingerprint density at radius 1 is 0.947 bits per heavy atom. The van der Waals surface area contributed by atoms with Crippen LogP contribution in [0.15, 0.2) is 42.5 Å². The number of hydrogen-bond acceptors (Lipinski definition) is 2. The Balaban J connectivity index is 1.88. The molecule has 1 aliphatic rings. The van der Waals surface area contributed by atoms with Crippen LogP contribution >= 0.6 is 29.8 Å². The summed E-state index contributed by atoms with van der Waals surface area (Å²) < 4.78 is 5.84. The lowest BCUT2D eigenvalue weighted by molar-refractivity contribution is 0.621. The van der Waals surface area contributed by atoms with Gasteiger partial charge < -0.3 is 14.7 Å². The molecule has 0 fully saturated rings. The van der Waals surface area contributed by atoms with Gasteiger partial charge in [-0.25, -0.2) is 0 Å². The molecule has 3 nitrogen and oxygen atoms in total. The number of halogens is 2. The fourth-order valence-electron chi connectivity index (χ4n) is 1.75. The molecule has 2 aromatic rings. The van der Waals surface area contributed by atoms with Crippen LogP contribution in [0.1, 0.15) is 0 Å². The molecule has 2 N–H and O–H groups in total. The summed E-state index contributed by atoms with van der Waals surface area (Å²) in [7, 11) is 0. The van der Waals surface area contributed by atoms with Gasteiger partial charge in [-0.1, -0.05) is 41.4 Å². The predicted molar refractivity (Wildman–Crippen MR) is 85.1 cm³/mol. The van der Waals surface area contributed by atoms with E-state index in [0.717, 1.165) is 17.1 Å². The number of hydrogen-bond donors (Lipinski definition) is 2. The summed E-state index contributed by atoms with van der Waals surface area (Å²) in [4.78, 5) is 0. The van der Waals surface area contributed by atoms with Gasteiger partial charge in [-0.2, -0.15) is 0 Å². The molecular formula is C12H9Cl2N2OPS. The van der Waals surface area contributed by atoms with Gasteiger partial charge in [0.2, 0.25) is 0 Å². The zero-order valence-corrected chi connectivity index (χ0v) is 12.8. The first-order valence-corrected chi connectivity index (χ1v) is 8.94. The quantitative estimate of drug-likeness (QED) is 0.747. The van der Waals surface area contributed by atoms with Gasteiger partial charge in [0.25, 0.3) is 6.57 Å². The smallest absolute Gasteiger partial charge is 0.299 e. The number of benzene rings is 2. The summed E-state index contributed by atoms with van der Waals surface area (Å²) in [6.07, 6.45) is 0. The molecule has 3 rings (SSSR count). The molecule has 19 heavy (non-hydrogen) atoms. The van der Waals surface area contributed by atoms with Crippen molar-refractivity contribution in [3.63, 3.8) is 0 Å². The van der Waals surface area contributed by atoms with Gasteiger partial charge in [0, 0.05) is 0 Å².